The van der Waals surface area contributed by atoms with Gasteiger partial charge < -0.3 is 24.4 Å². The second-order valence-corrected chi connectivity index (χ2v) is 5.90. The van der Waals surface area contributed by atoms with E-state index in [-0.39, 0.29) is 12.1 Å². The van der Waals surface area contributed by atoms with E-state index in [2.05, 4.69) is 5.32 Å². The molecule has 0 aliphatic carbocycles. The molecule has 2 aromatic carbocycles. The Bertz CT molecular complexity index is 822. The third-order valence-corrected chi connectivity index (χ3v) is 4.33. The Balaban J connectivity index is 2.16. The summed E-state index contributed by atoms with van der Waals surface area (Å²) in [6, 6.07) is 11.5. The van der Waals surface area contributed by atoms with E-state index >= 15 is 0 Å². The van der Waals surface area contributed by atoms with E-state index in [9.17, 15) is 9.59 Å². The lowest BCUT2D eigenvalue weighted by Gasteiger charge is -2.27. The molecule has 2 aromatic rings. The van der Waals surface area contributed by atoms with Crippen LogP contribution in [0, 0.1) is 0 Å². The number of esters is 1. The maximum absolute atomic E-state index is 12.6. The molecule has 7 heteroatoms. The highest BCUT2D eigenvalue weighted by atomic mass is 16.5. The van der Waals surface area contributed by atoms with Crippen molar-refractivity contribution in [3.63, 3.8) is 0 Å². The second kappa shape index (κ2) is 8.93. The van der Waals surface area contributed by atoms with Gasteiger partial charge in [0.25, 0.3) is 0 Å². The fraction of sp³-hybridized carbons (Fsp3) is 0.300. The van der Waals surface area contributed by atoms with Crippen molar-refractivity contribution in [2.75, 3.05) is 33.7 Å². The molecule has 2 amide bonds. The molecule has 0 bridgehead atoms. The number of urea groups is 1. The van der Waals surface area contributed by atoms with Crippen molar-refractivity contribution < 1.29 is 23.8 Å². The Morgan fingerprint density at radius 1 is 1.04 bits per heavy atom. The summed E-state index contributed by atoms with van der Waals surface area (Å²) >= 11 is 0. The molecule has 2 rings (SSSR count). The van der Waals surface area contributed by atoms with E-state index < -0.39 is 5.97 Å². The lowest BCUT2D eigenvalue weighted by atomic mass is 10.1. The second-order valence-electron chi connectivity index (χ2n) is 5.90. The Labute approximate surface area is 158 Å². The summed E-state index contributed by atoms with van der Waals surface area (Å²) in [6.07, 6.45) is 0. The number of nitrogens with one attached hydrogen (secondary N) is 1. The number of carbonyl (C=O) groups excluding carboxylic acids is 2. The molecule has 1 N–H and O–H groups in total. The van der Waals surface area contributed by atoms with Crippen LogP contribution < -0.4 is 14.8 Å². The number of rotatable bonds is 6. The SMILES string of the molecule is COC(=O)c1cccc(NC(=O)N(C)C(C)c2ccc(OC)cc2OC)c1. The number of anilines is 1. The number of ether oxygens (including phenoxy) is 3. The van der Waals surface area contributed by atoms with Gasteiger partial charge in [0.15, 0.2) is 0 Å². The van der Waals surface area contributed by atoms with E-state index in [1.165, 1.54) is 7.11 Å². The van der Waals surface area contributed by atoms with Crippen LogP contribution in [0.3, 0.4) is 0 Å². The summed E-state index contributed by atoms with van der Waals surface area (Å²) < 4.78 is 15.3. The fourth-order valence-electron chi connectivity index (χ4n) is 2.60. The third kappa shape index (κ3) is 4.69. The maximum Gasteiger partial charge on any atom is 0.337 e. The van der Waals surface area contributed by atoms with Crippen LogP contribution in [0.4, 0.5) is 10.5 Å². The van der Waals surface area contributed by atoms with Gasteiger partial charge in [-0.15, -0.1) is 0 Å². The fourth-order valence-corrected chi connectivity index (χ4v) is 2.60. The summed E-state index contributed by atoms with van der Waals surface area (Å²) in [5.74, 6) is 0.847. The molecule has 0 aromatic heterocycles. The van der Waals surface area contributed by atoms with Crippen LogP contribution in [0.1, 0.15) is 28.9 Å². The zero-order chi connectivity index (χ0) is 20.0. The minimum absolute atomic E-state index is 0.255. The molecule has 0 saturated heterocycles. The van der Waals surface area contributed by atoms with Gasteiger partial charge in [-0.3, -0.25) is 0 Å². The van der Waals surface area contributed by atoms with Crippen LogP contribution in [-0.2, 0) is 4.74 Å². The summed E-state index contributed by atoms with van der Waals surface area (Å²) in [4.78, 5) is 25.8. The summed E-state index contributed by atoms with van der Waals surface area (Å²) in [5, 5.41) is 2.79. The lowest BCUT2D eigenvalue weighted by molar-refractivity contribution is 0.0600. The molecule has 1 unspecified atom stereocenters. The predicted molar refractivity (Wildman–Crippen MR) is 103 cm³/mol. The molecule has 1 atom stereocenters. The standard InChI is InChI=1S/C20H24N2O5/c1-13(17-10-9-16(25-3)12-18(17)26-4)22(2)20(24)21-15-8-6-7-14(11-15)19(23)27-5/h6-13H,1-5H3,(H,21,24). The minimum Gasteiger partial charge on any atom is -0.497 e. The van der Waals surface area contributed by atoms with Gasteiger partial charge in [0.05, 0.1) is 32.9 Å². The summed E-state index contributed by atoms with van der Waals surface area (Å²) in [5.41, 5.74) is 1.71. The van der Waals surface area contributed by atoms with Crippen LogP contribution in [0.25, 0.3) is 0 Å². The van der Waals surface area contributed by atoms with E-state index in [4.69, 9.17) is 14.2 Å². The zero-order valence-electron chi connectivity index (χ0n) is 16.1. The monoisotopic (exact) mass is 372 g/mol. The Hall–Kier alpha value is -3.22. The molecule has 7 nitrogen and oxygen atoms in total. The highest BCUT2D eigenvalue weighted by Gasteiger charge is 2.21. The first-order valence-corrected chi connectivity index (χ1v) is 8.35. The normalized spacial score (nSPS) is 11.3. The van der Waals surface area contributed by atoms with E-state index in [0.717, 1.165) is 5.56 Å². The van der Waals surface area contributed by atoms with Crippen molar-refractivity contribution in [1.29, 1.82) is 0 Å². The molecule has 0 spiro atoms. The van der Waals surface area contributed by atoms with E-state index in [0.29, 0.717) is 22.7 Å². The minimum atomic E-state index is -0.462. The zero-order valence-corrected chi connectivity index (χ0v) is 16.1. The van der Waals surface area contributed by atoms with Crippen molar-refractivity contribution in [2.45, 2.75) is 13.0 Å². The third-order valence-electron chi connectivity index (χ3n) is 4.33. The van der Waals surface area contributed by atoms with E-state index in [1.807, 2.05) is 19.1 Å². The first kappa shape index (κ1) is 20.1. The number of methoxy groups -OCH3 is 3. The van der Waals surface area contributed by atoms with Crippen LogP contribution in [0.5, 0.6) is 11.5 Å². The number of hydrogen-bond acceptors (Lipinski definition) is 5. The van der Waals surface area contributed by atoms with Crippen molar-refractivity contribution in [3.8, 4) is 11.5 Å². The van der Waals surface area contributed by atoms with Gasteiger partial charge in [0.2, 0.25) is 0 Å². The molecule has 0 aliphatic rings. The predicted octanol–water partition coefficient (Wildman–Crippen LogP) is 3.72. The van der Waals surface area contributed by atoms with Crippen molar-refractivity contribution >= 4 is 17.7 Å². The molecule has 27 heavy (non-hydrogen) atoms. The molecular formula is C20H24N2O5. The van der Waals surface area contributed by atoms with Gasteiger partial charge in [-0.2, -0.15) is 0 Å². The number of nitrogens with zero attached hydrogens (tertiary/aromatic N) is 1. The molecular weight excluding hydrogens is 348 g/mol. The first-order chi connectivity index (χ1) is 12.9. The Morgan fingerprint density at radius 2 is 1.78 bits per heavy atom. The van der Waals surface area contributed by atoms with Gasteiger partial charge in [-0.1, -0.05) is 6.07 Å². The topological polar surface area (TPSA) is 77.1 Å². The molecule has 0 saturated carbocycles. The number of hydrogen-bond donors (Lipinski definition) is 1. The van der Waals surface area contributed by atoms with Gasteiger partial charge in [-0.25, -0.2) is 9.59 Å². The number of amides is 2. The molecule has 0 heterocycles. The van der Waals surface area contributed by atoms with Crippen LogP contribution in [-0.4, -0.2) is 45.3 Å². The molecule has 0 fully saturated rings. The highest BCUT2D eigenvalue weighted by Crippen LogP contribution is 2.32. The van der Waals surface area contributed by atoms with Crippen LogP contribution in [0.2, 0.25) is 0 Å². The molecule has 144 valence electrons. The average molecular weight is 372 g/mol. The largest absolute Gasteiger partial charge is 0.497 e. The number of carbonyl (C=O) groups is 2. The van der Waals surface area contributed by atoms with Gasteiger partial charge in [-0.05, 0) is 37.3 Å². The maximum atomic E-state index is 12.6. The molecule has 0 aliphatic heterocycles. The van der Waals surface area contributed by atoms with Crippen LogP contribution >= 0.6 is 0 Å². The Morgan fingerprint density at radius 3 is 2.41 bits per heavy atom. The highest BCUT2D eigenvalue weighted by molar-refractivity contribution is 5.94. The van der Waals surface area contributed by atoms with E-state index in [1.54, 1.807) is 56.5 Å². The van der Waals surface area contributed by atoms with Crippen LogP contribution in [0.15, 0.2) is 42.5 Å². The van der Waals surface area contributed by atoms with Crippen molar-refractivity contribution in [1.82, 2.24) is 4.90 Å². The van der Waals surface area contributed by atoms with Gasteiger partial charge in [0, 0.05) is 24.4 Å². The average Bonchev–Trinajstić information content (AvgIpc) is 2.71. The lowest BCUT2D eigenvalue weighted by Crippen LogP contribution is -2.33. The smallest absolute Gasteiger partial charge is 0.337 e. The van der Waals surface area contributed by atoms with Crippen molar-refractivity contribution in [2.24, 2.45) is 0 Å². The number of benzene rings is 2. The summed E-state index contributed by atoms with van der Waals surface area (Å²) in [7, 11) is 6.16. The Kier molecular flexibility index (Phi) is 6.65. The quantitative estimate of drug-likeness (QED) is 0.782. The first-order valence-electron chi connectivity index (χ1n) is 8.35. The summed E-state index contributed by atoms with van der Waals surface area (Å²) in [6.45, 7) is 1.90. The van der Waals surface area contributed by atoms with Crippen molar-refractivity contribution in [3.05, 3.63) is 53.6 Å². The van der Waals surface area contributed by atoms with Gasteiger partial charge >= 0.3 is 12.0 Å². The van der Waals surface area contributed by atoms with Gasteiger partial charge in [0.1, 0.15) is 11.5 Å². The molecule has 0 radical (unpaired) electrons.